The van der Waals surface area contributed by atoms with Crippen LogP contribution in [-0.4, -0.2) is 30.8 Å². The Morgan fingerprint density at radius 1 is 0.767 bits per heavy atom. The molecule has 0 aromatic heterocycles. The Balaban J connectivity index is 1.46. The first-order chi connectivity index (χ1) is 14.5. The molecule has 152 valence electrons. The monoisotopic (exact) mass is 401 g/mol. The van der Waals surface area contributed by atoms with E-state index < -0.39 is 5.97 Å². The minimum atomic E-state index is -0.609. The van der Waals surface area contributed by atoms with Crippen molar-refractivity contribution in [3.63, 3.8) is 0 Å². The van der Waals surface area contributed by atoms with Gasteiger partial charge >= 0.3 is 5.97 Å². The average Bonchev–Trinajstić information content (AvgIpc) is 2.79. The lowest BCUT2D eigenvalue weighted by atomic mass is 10.0. The number of ether oxygens (including phenoxy) is 1. The summed E-state index contributed by atoms with van der Waals surface area (Å²) in [5.41, 5.74) is 3.68. The molecule has 1 amide bonds. The summed E-state index contributed by atoms with van der Waals surface area (Å²) in [4.78, 5) is 36.5. The van der Waals surface area contributed by atoms with Crippen molar-refractivity contribution >= 4 is 17.7 Å². The van der Waals surface area contributed by atoms with Gasteiger partial charge in [0.05, 0.1) is 5.56 Å². The number of aryl methyl sites for hydroxylation is 1. The number of rotatable bonds is 8. The first-order valence-corrected chi connectivity index (χ1v) is 9.73. The molecule has 0 aliphatic carbocycles. The summed E-state index contributed by atoms with van der Waals surface area (Å²) in [6.45, 7) is 2.15. The molecular formula is C25H23NO4. The summed E-state index contributed by atoms with van der Waals surface area (Å²) in [5, 5.41) is 2.75. The lowest BCUT2D eigenvalue weighted by molar-refractivity contribution is -0.124. The molecule has 0 unspecified atom stereocenters. The van der Waals surface area contributed by atoms with Crippen LogP contribution in [0.25, 0.3) is 0 Å². The second-order valence-corrected chi connectivity index (χ2v) is 6.88. The van der Waals surface area contributed by atoms with Gasteiger partial charge in [-0.05, 0) is 36.6 Å². The van der Waals surface area contributed by atoms with Crippen LogP contribution in [0.5, 0.6) is 0 Å². The molecule has 3 rings (SSSR count). The number of nitrogens with one attached hydrogen (secondary N) is 1. The van der Waals surface area contributed by atoms with Gasteiger partial charge in [-0.2, -0.15) is 0 Å². The van der Waals surface area contributed by atoms with Crippen molar-refractivity contribution in [2.75, 3.05) is 13.2 Å². The fourth-order valence-corrected chi connectivity index (χ4v) is 3.01. The highest BCUT2D eigenvalue weighted by Gasteiger charge is 2.13. The van der Waals surface area contributed by atoms with Crippen molar-refractivity contribution in [3.05, 3.63) is 107 Å². The fourth-order valence-electron chi connectivity index (χ4n) is 3.01. The number of esters is 1. The van der Waals surface area contributed by atoms with E-state index in [1.54, 1.807) is 36.4 Å². The Bertz CT molecular complexity index is 1030. The molecule has 30 heavy (non-hydrogen) atoms. The predicted molar refractivity (Wildman–Crippen MR) is 114 cm³/mol. The SMILES string of the molecule is Cc1ccccc1CCNC(=O)COC(=O)c1ccc(C(=O)c2ccccc2)cc1. The highest BCUT2D eigenvalue weighted by Crippen LogP contribution is 2.12. The van der Waals surface area contributed by atoms with Crippen LogP contribution in [0.4, 0.5) is 0 Å². The van der Waals surface area contributed by atoms with E-state index in [0.29, 0.717) is 24.1 Å². The second kappa shape index (κ2) is 10.2. The smallest absolute Gasteiger partial charge is 0.338 e. The Labute approximate surface area is 175 Å². The first kappa shape index (κ1) is 21.0. The van der Waals surface area contributed by atoms with Gasteiger partial charge in [0.25, 0.3) is 5.91 Å². The molecule has 0 atom stereocenters. The van der Waals surface area contributed by atoms with Gasteiger partial charge < -0.3 is 10.1 Å². The summed E-state index contributed by atoms with van der Waals surface area (Å²) >= 11 is 0. The number of amides is 1. The molecule has 0 bridgehead atoms. The Morgan fingerprint density at radius 2 is 1.37 bits per heavy atom. The van der Waals surface area contributed by atoms with Gasteiger partial charge in [0.2, 0.25) is 0 Å². The Morgan fingerprint density at radius 3 is 2.07 bits per heavy atom. The first-order valence-electron chi connectivity index (χ1n) is 9.73. The summed E-state index contributed by atoms with van der Waals surface area (Å²) < 4.78 is 5.07. The molecule has 5 nitrogen and oxygen atoms in total. The molecule has 1 N–H and O–H groups in total. The van der Waals surface area contributed by atoms with Gasteiger partial charge in [-0.15, -0.1) is 0 Å². The van der Waals surface area contributed by atoms with Crippen molar-refractivity contribution in [2.45, 2.75) is 13.3 Å². The van der Waals surface area contributed by atoms with Crippen molar-refractivity contribution in [1.29, 1.82) is 0 Å². The van der Waals surface area contributed by atoms with Crippen molar-refractivity contribution in [2.24, 2.45) is 0 Å². The zero-order valence-corrected chi connectivity index (χ0v) is 16.8. The molecule has 5 heteroatoms. The van der Waals surface area contributed by atoms with Crippen molar-refractivity contribution < 1.29 is 19.1 Å². The summed E-state index contributed by atoms with van der Waals surface area (Å²) in [6.07, 6.45) is 0.712. The highest BCUT2D eigenvalue weighted by atomic mass is 16.5. The maximum atomic E-state index is 12.4. The zero-order valence-electron chi connectivity index (χ0n) is 16.8. The second-order valence-electron chi connectivity index (χ2n) is 6.88. The van der Waals surface area contributed by atoms with E-state index in [1.165, 1.54) is 23.3 Å². The molecule has 0 radical (unpaired) electrons. The van der Waals surface area contributed by atoms with E-state index in [2.05, 4.69) is 5.32 Å². The van der Waals surface area contributed by atoms with Crippen LogP contribution in [0.2, 0.25) is 0 Å². The van der Waals surface area contributed by atoms with Gasteiger partial charge in [0, 0.05) is 17.7 Å². The largest absolute Gasteiger partial charge is 0.452 e. The third kappa shape index (κ3) is 5.64. The van der Waals surface area contributed by atoms with Gasteiger partial charge in [-0.3, -0.25) is 9.59 Å². The lowest BCUT2D eigenvalue weighted by Gasteiger charge is -2.08. The summed E-state index contributed by atoms with van der Waals surface area (Å²) in [5.74, 6) is -1.08. The van der Waals surface area contributed by atoms with Crippen LogP contribution in [0.15, 0.2) is 78.9 Å². The predicted octanol–water partition coefficient (Wildman–Crippen LogP) is 3.74. The van der Waals surface area contributed by atoms with Crippen LogP contribution in [0.3, 0.4) is 0 Å². The minimum Gasteiger partial charge on any atom is -0.452 e. The Kier molecular flexibility index (Phi) is 7.11. The average molecular weight is 401 g/mol. The number of hydrogen-bond donors (Lipinski definition) is 1. The van der Waals surface area contributed by atoms with Crippen LogP contribution >= 0.6 is 0 Å². The maximum absolute atomic E-state index is 12.4. The van der Waals surface area contributed by atoms with Gasteiger partial charge in [-0.1, -0.05) is 66.7 Å². The number of carbonyl (C=O) groups is 3. The van der Waals surface area contributed by atoms with Crippen LogP contribution in [-0.2, 0) is 16.0 Å². The van der Waals surface area contributed by atoms with E-state index in [9.17, 15) is 14.4 Å². The molecule has 0 fully saturated rings. The number of hydrogen-bond acceptors (Lipinski definition) is 4. The number of ketones is 1. The van der Waals surface area contributed by atoms with Crippen molar-refractivity contribution in [1.82, 2.24) is 5.32 Å². The minimum absolute atomic E-state index is 0.122. The molecule has 3 aromatic carbocycles. The van der Waals surface area contributed by atoms with Gasteiger partial charge in [0.15, 0.2) is 12.4 Å². The number of benzene rings is 3. The van der Waals surface area contributed by atoms with Gasteiger partial charge in [-0.25, -0.2) is 4.79 Å². The molecule has 0 spiro atoms. The lowest BCUT2D eigenvalue weighted by Crippen LogP contribution is -2.30. The van der Waals surface area contributed by atoms with E-state index in [0.717, 1.165) is 0 Å². The molecule has 0 saturated heterocycles. The summed E-state index contributed by atoms with van der Waals surface area (Å²) in [6, 6.07) is 23.1. The Hall–Kier alpha value is -3.73. The molecule has 0 aliphatic rings. The molecule has 3 aromatic rings. The van der Waals surface area contributed by atoms with E-state index in [-0.39, 0.29) is 23.9 Å². The van der Waals surface area contributed by atoms with E-state index in [4.69, 9.17) is 4.74 Å². The zero-order chi connectivity index (χ0) is 21.3. The maximum Gasteiger partial charge on any atom is 0.338 e. The topological polar surface area (TPSA) is 72.5 Å². The standard InChI is InChI=1S/C25H23NO4/c1-18-7-5-6-8-19(18)15-16-26-23(27)17-30-25(29)22-13-11-21(12-14-22)24(28)20-9-3-2-4-10-20/h2-14H,15-17H2,1H3,(H,26,27). The van der Waals surface area contributed by atoms with Crippen molar-refractivity contribution in [3.8, 4) is 0 Å². The van der Waals surface area contributed by atoms with Crippen LogP contribution in [0.1, 0.15) is 37.4 Å². The summed E-state index contributed by atoms with van der Waals surface area (Å²) in [7, 11) is 0. The highest BCUT2D eigenvalue weighted by molar-refractivity contribution is 6.09. The fraction of sp³-hybridized carbons (Fsp3) is 0.160. The molecule has 0 saturated carbocycles. The molecule has 0 aliphatic heterocycles. The number of carbonyl (C=O) groups excluding carboxylic acids is 3. The third-order valence-electron chi connectivity index (χ3n) is 4.73. The quantitative estimate of drug-likeness (QED) is 0.461. The van der Waals surface area contributed by atoms with Crippen LogP contribution < -0.4 is 5.32 Å². The normalized spacial score (nSPS) is 10.3. The van der Waals surface area contributed by atoms with Crippen LogP contribution in [0, 0.1) is 6.92 Å². The molecular weight excluding hydrogens is 378 g/mol. The van der Waals surface area contributed by atoms with Gasteiger partial charge in [0.1, 0.15) is 0 Å². The third-order valence-corrected chi connectivity index (χ3v) is 4.73. The van der Waals surface area contributed by atoms with E-state index in [1.807, 2.05) is 37.3 Å². The molecule has 0 heterocycles. The van der Waals surface area contributed by atoms with E-state index >= 15 is 0 Å².